The number of ketones is 1. The second kappa shape index (κ2) is 10.4. The largest absolute Gasteiger partial charge is 0.507 e. The average molecular weight is 545 g/mol. The highest BCUT2D eigenvalue weighted by Gasteiger charge is 2.48. The number of rotatable bonds is 7. The van der Waals surface area contributed by atoms with E-state index in [2.05, 4.69) is 4.98 Å². The van der Waals surface area contributed by atoms with Crippen LogP contribution in [0, 0.1) is 13.8 Å². The molecule has 2 heterocycles. The smallest absolute Gasteiger partial charge is 0.301 e. The number of Topliss-reactive ketones (excluding diaryl/α,β-unsaturated/α-hetero) is 1. The first-order chi connectivity index (χ1) is 18.7. The number of ether oxygens (including phenoxy) is 2. The third-order valence-electron chi connectivity index (χ3n) is 6.56. The lowest BCUT2D eigenvalue weighted by Crippen LogP contribution is -2.29. The van der Waals surface area contributed by atoms with Crippen LogP contribution in [0.1, 0.15) is 42.1 Å². The molecule has 200 valence electrons. The third-order valence-corrected chi connectivity index (χ3v) is 7.58. The number of aromatic nitrogens is 1. The number of hydrogen-bond donors (Lipinski definition) is 2. The standard InChI is InChI=1S/C30H28N2O6S/c1-5-37-19-10-11-21-24(15-19)39-30(31-21)32-26(18-9-12-22(33)23(14-18)38-6-2)25(28(35)29(32)36)27(34)20-13-16(3)7-8-17(20)4/h7-15,26,33-34H,5-6H2,1-4H3/b27-25+. The Kier molecular flexibility index (Phi) is 7.01. The predicted molar refractivity (Wildman–Crippen MR) is 151 cm³/mol. The summed E-state index contributed by atoms with van der Waals surface area (Å²) in [5.41, 5.74) is 3.19. The van der Waals surface area contributed by atoms with E-state index < -0.39 is 17.7 Å². The molecule has 1 unspecified atom stereocenters. The van der Waals surface area contributed by atoms with Crippen LogP contribution in [0.2, 0.25) is 0 Å². The highest BCUT2D eigenvalue weighted by atomic mass is 32.1. The number of phenols is 1. The van der Waals surface area contributed by atoms with Crippen molar-refractivity contribution in [1.82, 2.24) is 4.98 Å². The average Bonchev–Trinajstić information content (AvgIpc) is 3.44. The molecule has 1 aliphatic rings. The zero-order valence-corrected chi connectivity index (χ0v) is 22.8. The van der Waals surface area contributed by atoms with E-state index in [4.69, 9.17) is 9.47 Å². The lowest BCUT2D eigenvalue weighted by Gasteiger charge is -2.24. The molecule has 3 aromatic carbocycles. The number of aromatic hydroxyl groups is 1. The van der Waals surface area contributed by atoms with Crippen molar-refractivity contribution in [3.63, 3.8) is 0 Å². The first-order valence-corrected chi connectivity index (χ1v) is 13.4. The van der Waals surface area contributed by atoms with Crippen molar-refractivity contribution in [3.8, 4) is 17.2 Å². The fraction of sp³-hybridized carbons (Fsp3) is 0.233. The van der Waals surface area contributed by atoms with Crippen LogP contribution in [0.5, 0.6) is 17.2 Å². The van der Waals surface area contributed by atoms with Gasteiger partial charge in [-0.15, -0.1) is 0 Å². The normalized spacial score (nSPS) is 16.7. The molecule has 0 aliphatic carbocycles. The number of carbonyl (C=O) groups is 2. The van der Waals surface area contributed by atoms with E-state index in [1.807, 2.05) is 39.0 Å². The van der Waals surface area contributed by atoms with Gasteiger partial charge in [0.15, 0.2) is 16.6 Å². The molecule has 9 heteroatoms. The molecule has 1 atom stereocenters. The monoisotopic (exact) mass is 544 g/mol. The first-order valence-electron chi connectivity index (χ1n) is 12.6. The van der Waals surface area contributed by atoms with Crippen LogP contribution in [0.3, 0.4) is 0 Å². The van der Waals surface area contributed by atoms with Crippen molar-refractivity contribution in [2.75, 3.05) is 18.1 Å². The topological polar surface area (TPSA) is 109 Å². The summed E-state index contributed by atoms with van der Waals surface area (Å²) in [7, 11) is 0. The number of aliphatic hydroxyl groups is 1. The lowest BCUT2D eigenvalue weighted by atomic mass is 9.93. The molecule has 39 heavy (non-hydrogen) atoms. The number of amides is 1. The maximum Gasteiger partial charge on any atom is 0.301 e. The maximum atomic E-state index is 13.6. The molecule has 2 N–H and O–H groups in total. The van der Waals surface area contributed by atoms with E-state index in [9.17, 15) is 19.8 Å². The van der Waals surface area contributed by atoms with Gasteiger partial charge in [-0.1, -0.05) is 35.1 Å². The van der Waals surface area contributed by atoms with E-state index in [0.717, 1.165) is 15.8 Å². The number of hydrogen-bond acceptors (Lipinski definition) is 8. The van der Waals surface area contributed by atoms with Crippen molar-refractivity contribution in [2.45, 2.75) is 33.7 Å². The Morgan fingerprint density at radius 1 is 1.00 bits per heavy atom. The maximum absolute atomic E-state index is 13.6. The molecule has 8 nitrogen and oxygen atoms in total. The minimum Gasteiger partial charge on any atom is -0.507 e. The van der Waals surface area contributed by atoms with Gasteiger partial charge in [0.2, 0.25) is 0 Å². The molecule has 1 aromatic heterocycles. The lowest BCUT2D eigenvalue weighted by molar-refractivity contribution is -0.132. The van der Waals surface area contributed by atoms with Gasteiger partial charge in [0, 0.05) is 5.56 Å². The fourth-order valence-corrected chi connectivity index (χ4v) is 5.73. The number of thiazole rings is 1. The van der Waals surface area contributed by atoms with Gasteiger partial charge in [-0.25, -0.2) is 4.98 Å². The van der Waals surface area contributed by atoms with Crippen LogP contribution < -0.4 is 14.4 Å². The van der Waals surface area contributed by atoms with Crippen molar-refractivity contribution >= 4 is 44.1 Å². The summed E-state index contributed by atoms with van der Waals surface area (Å²) in [5.74, 6) is -1.09. The zero-order valence-electron chi connectivity index (χ0n) is 22.0. The molecule has 1 aliphatic heterocycles. The molecule has 4 aromatic rings. The van der Waals surface area contributed by atoms with Gasteiger partial charge in [0.1, 0.15) is 11.5 Å². The van der Waals surface area contributed by atoms with E-state index in [-0.39, 0.29) is 22.8 Å². The summed E-state index contributed by atoms with van der Waals surface area (Å²) in [4.78, 5) is 33.2. The molecular formula is C30H28N2O6S. The van der Waals surface area contributed by atoms with Crippen LogP contribution in [0.25, 0.3) is 16.0 Å². The minimum absolute atomic E-state index is 0.0592. The predicted octanol–water partition coefficient (Wildman–Crippen LogP) is 6.04. The summed E-state index contributed by atoms with van der Waals surface area (Å²) >= 11 is 1.25. The molecule has 1 saturated heterocycles. The first kappa shape index (κ1) is 26.2. The number of nitrogens with zero attached hydrogens (tertiary/aromatic N) is 2. The number of aliphatic hydroxyl groups excluding tert-OH is 1. The quantitative estimate of drug-likeness (QED) is 0.166. The van der Waals surface area contributed by atoms with Crippen molar-refractivity contribution in [2.24, 2.45) is 0 Å². The zero-order chi connectivity index (χ0) is 27.8. The number of fused-ring (bicyclic) bond motifs is 1. The minimum atomic E-state index is -1.00. The van der Waals surface area contributed by atoms with Gasteiger partial charge in [0.05, 0.1) is 35.0 Å². The molecule has 0 bridgehead atoms. The van der Waals surface area contributed by atoms with Crippen molar-refractivity contribution < 1.29 is 29.3 Å². The third kappa shape index (κ3) is 4.70. The Labute approximate surface area is 229 Å². The van der Waals surface area contributed by atoms with Crippen LogP contribution in [-0.4, -0.2) is 40.1 Å². The van der Waals surface area contributed by atoms with Crippen molar-refractivity contribution in [3.05, 3.63) is 82.4 Å². The summed E-state index contributed by atoms with van der Waals surface area (Å²) < 4.78 is 12.0. The summed E-state index contributed by atoms with van der Waals surface area (Å²) in [6.07, 6.45) is 0. The number of carbonyl (C=O) groups excluding carboxylic acids is 2. The van der Waals surface area contributed by atoms with Gasteiger partial charge in [-0.2, -0.15) is 0 Å². The van der Waals surface area contributed by atoms with Gasteiger partial charge in [0.25, 0.3) is 5.78 Å². The Morgan fingerprint density at radius 3 is 2.51 bits per heavy atom. The van der Waals surface area contributed by atoms with E-state index >= 15 is 0 Å². The highest BCUT2D eigenvalue weighted by molar-refractivity contribution is 7.22. The molecular weight excluding hydrogens is 516 g/mol. The van der Waals surface area contributed by atoms with Crippen LogP contribution in [0.15, 0.2) is 60.2 Å². The Hall–Kier alpha value is -4.37. The SMILES string of the molecule is CCOc1ccc2nc(N3C(=O)C(=O)/C(=C(/O)c4cc(C)ccc4C)C3c3ccc(O)c(OCC)c3)sc2c1. The Bertz CT molecular complexity index is 1640. The second-order valence-corrected chi connectivity index (χ2v) is 10.2. The summed E-state index contributed by atoms with van der Waals surface area (Å²) in [5, 5.41) is 22.2. The van der Waals surface area contributed by atoms with Crippen molar-refractivity contribution in [1.29, 1.82) is 0 Å². The molecule has 0 saturated carbocycles. The van der Waals surface area contributed by atoms with E-state index in [1.54, 1.807) is 37.3 Å². The fourth-order valence-electron chi connectivity index (χ4n) is 4.71. The summed E-state index contributed by atoms with van der Waals surface area (Å²) in [6.45, 7) is 8.21. The molecule has 5 rings (SSSR count). The molecule has 1 amide bonds. The molecule has 1 fully saturated rings. The van der Waals surface area contributed by atoms with Gasteiger partial charge >= 0.3 is 5.91 Å². The Morgan fingerprint density at radius 2 is 1.77 bits per heavy atom. The highest BCUT2D eigenvalue weighted by Crippen LogP contribution is 2.46. The van der Waals surface area contributed by atoms with Crippen LogP contribution in [-0.2, 0) is 9.59 Å². The second-order valence-electron chi connectivity index (χ2n) is 9.21. The number of aryl methyl sites for hydroxylation is 2. The van der Waals surface area contributed by atoms with E-state index in [0.29, 0.717) is 40.7 Å². The summed E-state index contributed by atoms with van der Waals surface area (Å²) in [6, 6.07) is 14.6. The van der Waals surface area contributed by atoms with Gasteiger partial charge in [-0.3, -0.25) is 14.5 Å². The van der Waals surface area contributed by atoms with E-state index in [1.165, 1.54) is 22.3 Å². The number of anilines is 1. The molecule has 0 spiro atoms. The Balaban J connectivity index is 1.74. The number of benzene rings is 3. The van der Waals surface area contributed by atoms with Crippen LogP contribution in [0.4, 0.5) is 5.13 Å². The van der Waals surface area contributed by atoms with Gasteiger partial charge < -0.3 is 19.7 Å². The van der Waals surface area contributed by atoms with Gasteiger partial charge in [-0.05, 0) is 75.2 Å². The van der Waals surface area contributed by atoms with Crippen LogP contribution >= 0.6 is 11.3 Å². The number of phenolic OH excluding ortho intramolecular Hbond substituents is 1. The molecule has 0 radical (unpaired) electrons.